The zero-order valence-electron chi connectivity index (χ0n) is 4.51. The number of rotatable bonds is 0. The van der Waals surface area contributed by atoms with Gasteiger partial charge in [-0.2, -0.15) is 0 Å². The van der Waals surface area contributed by atoms with Crippen LogP contribution in [0, 0.1) is 0 Å². The highest BCUT2D eigenvalue weighted by atomic mass is 79.9. The van der Waals surface area contributed by atoms with Crippen LogP contribution in [0.1, 0.15) is 0 Å². The van der Waals surface area contributed by atoms with Crippen LogP contribution < -0.4 is 5.73 Å². The number of nitrogens with two attached hydrogens (primary N) is 1. The van der Waals surface area contributed by atoms with E-state index in [0.717, 1.165) is 11.2 Å². The van der Waals surface area contributed by atoms with Gasteiger partial charge in [0.1, 0.15) is 10.4 Å². The first-order chi connectivity index (χ1) is 4.18. The Balaban J connectivity index is 2.74. The number of nitrogens with zero attached hydrogens (tertiary/aromatic N) is 2. The summed E-state index contributed by atoms with van der Waals surface area (Å²) in [7, 11) is 0. The first-order valence-electron chi connectivity index (χ1n) is 2.31. The summed E-state index contributed by atoms with van der Waals surface area (Å²) in [4.78, 5) is 3.93. The molecular weight excluding hydrogens is 250 g/mol. The standard InChI is InChI=1S/C4H5Br2N3/c5-3-1-9(6)2-4(7)8-3/h2H,1,7H2. The second-order valence-corrected chi connectivity index (χ2v) is 3.43. The molecule has 2 N–H and O–H groups in total. The molecule has 1 heterocycles. The molecule has 0 saturated heterocycles. The summed E-state index contributed by atoms with van der Waals surface area (Å²) < 4.78 is 2.61. The predicted molar refractivity (Wildman–Crippen MR) is 44.3 cm³/mol. The lowest BCUT2D eigenvalue weighted by Gasteiger charge is -2.14. The lowest BCUT2D eigenvalue weighted by Crippen LogP contribution is -2.18. The fourth-order valence-corrected chi connectivity index (χ4v) is 1.78. The highest BCUT2D eigenvalue weighted by Crippen LogP contribution is 2.10. The zero-order valence-corrected chi connectivity index (χ0v) is 7.68. The molecule has 5 heteroatoms. The van der Waals surface area contributed by atoms with Gasteiger partial charge in [-0.05, 0) is 15.9 Å². The molecule has 0 bridgehead atoms. The van der Waals surface area contributed by atoms with Crippen LogP contribution >= 0.6 is 32.1 Å². The van der Waals surface area contributed by atoms with Gasteiger partial charge < -0.3 is 9.66 Å². The maximum atomic E-state index is 5.39. The van der Waals surface area contributed by atoms with Gasteiger partial charge in [0.25, 0.3) is 0 Å². The lowest BCUT2D eigenvalue weighted by molar-refractivity contribution is 0.722. The van der Waals surface area contributed by atoms with E-state index >= 15 is 0 Å². The molecule has 1 rings (SSSR count). The first kappa shape index (κ1) is 7.08. The number of aliphatic imine (C=N–C) groups is 1. The van der Waals surface area contributed by atoms with Gasteiger partial charge in [0, 0.05) is 16.1 Å². The minimum Gasteiger partial charge on any atom is -0.382 e. The number of hydrogen-bond donors (Lipinski definition) is 1. The van der Waals surface area contributed by atoms with E-state index in [0.29, 0.717) is 5.82 Å². The summed E-state index contributed by atoms with van der Waals surface area (Å²) in [5.41, 5.74) is 5.39. The largest absolute Gasteiger partial charge is 0.382 e. The lowest BCUT2D eigenvalue weighted by atomic mass is 10.6. The molecule has 0 amide bonds. The first-order valence-corrected chi connectivity index (χ1v) is 3.81. The topological polar surface area (TPSA) is 41.6 Å². The summed E-state index contributed by atoms with van der Waals surface area (Å²) in [5.74, 6) is 0.505. The fraction of sp³-hybridized carbons (Fsp3) is 0.250. The van der Waals surface area contributed by atoms with Gasteiger partial charge >= 0.3 is 0 Å². The normalized spacial score (nSPS) is 19.1. The van der Waals surface area contributed by atoms with Crippen LogP contribution in [-0.2, 0) is 0 Å². The van der Waals surface area contributed by atoms with Crippen molar-refractivity contribution in [3.8, 4) is 0 Å². The van der Waals surface area contributed by atoms with E-state index < -0.39 is 0 Å². The average Bonchev–Trinajstić information content (AvgIpc) is 1.59. The van der Waals surface area contributed by atoms with Gasteiger partial charge in [-0.25, -0.2) is 4.99 Å². The van der Waals surface area contributed by atoms with E-state index in [1.54, 1.807) is 10.1 Å². The minimum atomic E-state index is 0.505. The van der Waals surface area contributed by atoms with Gasteiger partial charge in [0.2, 0.25) is 0 Å². The van der Waals surface area contributed by atoms with Crippen molar-refractivity contribution in [2.24, 2.45) is 10.7 Å². The van der Waals surface area contributed by atoms with Crippen molar-refractivity contribution in [2.45, 2.75) is 0 Å². The maximum Gasteiger partial charge on any atom is 0.141 e. The third kappa shape index (κ3) is 1.98. The van der Waals surface area contributed by atoms with Gasteiger partial charge in [-0.3, -0.25) is 0 Å². The Bertz CT molecular complexity index is 175. The van der Waals surface area contributed by atoms with Crippen LogP contribution in [0.3, 0.4) is 0 Å². The SMILES string of the molecule is NC1=CN(Br)CC(Br)=N1. The van der Waals surface area contributed by atoms with Crippen LogP contribution in [0.25, 0.3) is 0 Å². The van der Waals surface area contributed by atoms with Crippen LogP contribution in [0.4, 0.5) is 0 Å². The van der Waals surface area contributed by atoms with E-state index in [-0.39, 0.29) is 0 Å². The van der Waals surface area contributed by atoms with Gasteiger partial charge in [-0.15, -0.1) is 0 Å². The Kier molecular flexibility index (Phi) is 2.13. The molecule has 3 nitrogen and oxygen atoms in total. The Morgan fingerprint density at radius 3 is 2.89 bits per heavy atom. The molecule has 0 aromatic rings. The Labute approximate surface area is 70.1 Å². The highest BCUT2D eigenvalue weighted by molar-refractivity contribution is 9.18. The van der Waals surface area contributed by atoms with Crippen molar-refractivity contribution < 1.29 is 0 Å². The number of hydrogen-bond acceptors (Lipinski definition) is 3. The van der Waals surface area contributed by atoms with E-state index in [9.17, 15) is 0 Å². The molecule has 0 aromatic heterocycles. The molecular formula is C4H5Br2N3. The molecule has 0 unspecified atom stereocenters. The molecule has 0 aromatic carbocycles. The third-order valence-corrected chi connectivity index (χ3v) is 1.69. The molecule has 0 fully saturated rings. The Morgan fingerprint density at radius 2 is 2.44 bits per heavy atom. The van der Waals surface area contributed by atoms with E-state index in [2.05, 4.69) is 37.1 Å². The second-order valence-electron chi connectivity index (χ2n) is 1.60. The van der Waals surface area contributed by atoms with Gasteiger partial charge in [0.05, 0.1) is 12.7 Å². The Morgan fingerprint density at radius 1 is 1.78 bits per heavy atom. The van der Waals surface area contributed by atoms with Crippen molar-refractivity contribution in [1.29, 1.82) is 0 Å². The van der Waals surface area contributed by atoms with E-state index in [1.165, 1.54) is 0 Å². The van der Waals surface area contributed by atoms with Crippen molar-refractivity contribution in [1.82, 2.24) is 3.93 Å². The average molecular weight is 255 g/mol. The van der Waals surface area contributed by atoms with Crippen LogP contribution in [0.15, 0.2) is 17.0 Å². The van der Waals surface area contributed by atoms with Crippen molar-refractivity contribution in [2.75, 3.05) is 6.54 Å². The van der Waals surface area contributed by atoms with Crippen LogP contribution in [0.5, 0.6) is 0 Å². The summed E-state index contributed by atoms with van der Waals surface area (Å²) in [6, 6.07) is 0. The predicted octanol–water partition coefficient (Wildman–Crippen LogP) is 1.16. The summed E-state index contributed by atoms with van der Waals surface area (Å²) in [6.07, 6.45) is 1.71. The molecule has 9 heavy (non-hydrogen) atoms. The molecule has 1 aliphatic heterocycles. The van der Waals surface area contributed by atoms with E-state index in [4.69, 9.17) is 5.73 Å². The molecule has 0 spiro atoms. The summed E-state index contributed by atoms with van der Waals surface area (Å²) >= 11 is 6.46. The fourth-order valence-electron chi connectivity index (χ4n) is 0.518. The summed E-state index contributed by atoms with van der Waals surface area (Å²) in [6.45, 7) is 0.723. The molecule has 50 valence electrons. The minimum absolute atomic E-state index is 0.505. The molecule has 0 saturated carbocycles. The summed E-state index contributed by atoms with van der Waals surface area (Å²) in [5, 5.41) is 0. The monoisotopic (exact) mass is 253 g/mol. The van der Waals surface area contributed by atoms with Gasteiger partial charge in [0.15, 0.2) is 0 Å². The zero-order chi connectivity index (χ0) is 6.85. The van der Waals surface area contributed by atoms with E-state index in [1.807, 2.05) is 0 Å². The van der Waals surface area contributed by atoms with Crippen molar-refractivity contribution in [3.63, 3.8) is 0 Å². The quantitative estimate of drug-likeness (QED) is 0.660. The maximum absolute atomic E-state index is 5.39. The van der Waals surface area contributed by atoms with Crippen LogP contribution in [-0.4, -0.2) is 15.1 Å². The smallest absolute Gasteiger partial charge is 0.141 e. The second kappa shape index (κ2) is 2.70. The molecule has 0 radical (unpaired) electrons. The highest BCUT2D eigenvalue weighted by Gasteiger charge is 2.05. The van der Waals surface area contributed by atoms with Gasteiger partial charge in [-0.1, -0.05) is 0 Å². The molecule has 0 atom stereocenters. The van der Waals surface area contributed by atoms with Crippen molar-refractivity contribution in [3.05, 3.63) is 12.0 Å². The number of halogens is 2. The third-order valence-electron chi connectivity index (χ3n) is 0.804. The molecule has 1 aliphatic rings. The molecule has 0 aliphatic carbocycles. The van der Waals surface area contributed by atoms with Crippen molar-refractivity contribution >= 4 is 36.7 Å². The van der Waals surface area contributed by atoms with Crippen LogP contribution in [0.2, 0.25) is 0 Å². The Hall–Kier alpha value is -0.0300.